The van der Waals surface area contributed by atoms with E-state index in [0.29, 0.717) is 17.5 Å². The van der Waals surface area contributed by atoms with Crippen molar-refractivity contribution in [2.45, 2.75) is 102 Å². The Labute approximate surface area is 290 Å². The van der Waals surface area contributed by atoms with Crippen molar-refractivity contribution < 1.29 is 8.98 Å². The Bertz CT molecular complexity index is 2220. The van der Waals surface area contributed by atoms with Crippen molar-refractivity contribution in [2.24, 2.45) is 7.05 Å². The molecule has 6 aromatic rings. The van der Waals surface area contributed by atoms with Crippen LogP contribution in [0.15, 0.2) is 71.1 Å². The van der Waals surface area contributed by atoms with Gasteiger partial charge >= 0.3 is 280 Å². The summed E-state index contributed by atoms with van der Waals surface area (Å²) < 4.78 is 13.7. The molecular formula is C43H52GeN3O+. The molecule has 6 rings (SSSR count). The minimum absolute atomic E-state index is 0.223. The average Bonchev–Trinajstić information content (AvgIpc) is 3.52. The molecule has 0 atom stereocenters. The number of hydrogen-bond donors (Lipinski definition) is 0. The maximum absolute atomic E-state index is 7.59. The fourth-order valence-corrected chi connectivity index (χ4v) is 18.4. The van der Waals surface area contributed by atoms with Gasteiger partial charge in [-0.2, -0.15) is 0 Å². The first-order valence-electron chi connectivity index (χ1n) is 17.4. The zero-order chi connectivity index (χ0) is 35.1. The van der Waals surface area contributed by atoms with Crippen LogP contribution in [0.3, 0.4) is 0 Å². The number of hydrogen-bond acceptors (Lipinski definition) is 1. The zero-order valence-corrected chi connectivity index (χ0v) is 33.4. The van der Waals surface area contributed by atoms with E-state index >= 15 is 0 Å². The number of nitrogens with zero attached hydrogens (tertiary/aromatic N) is 3. The van der Waals surface area contributed by atoms with E-state index in [1.165, 1.54) is 27.8 Å². The van der Waals surface area contributed by atoms with Crippen molar-refractivity contribution in [2.75, 3.05) is 0 Å². The number of para-hydroxylation sites is 2. The Morgan fingerprint density at radius 2 is 1.40 bits per heavy atom. The number of fused-ring (bicyclic) bond motifs is 4. The molecule has 4 nitrogen and oxygen atoms in total. The van der Waals surface area contributed by atoms with E-state index in [1.807, 2.05) is 18.2 Å². The molecule has 0 saturated heterocycles. The number of rotatable bonds is 5. The molecule has 248 valence electrons. The third-order valence-electron chi connectivity index (χ3n) is 11.4. The third kappa shape index (κ3) is 5.04. The van der Waals surface area contributed by atoms with Crippen LogP contribution in [0.1, 0.15) is 97.8 Å². The van der Waals surface area contributed by atoms with Gasteiger partial charge in [0.15, 0.2) is 0 Å². The van der Waals surface area contributed by atoms with Gasteiger partial charge < -0.3 is 0 Å². The first-order chi connectivity index (χ1) is 22.4. The van der Waals surface area contributed by atoms with Gasteiger partial charge in [0.25, 0.3) is 0 Å². The van der Waals surface area contributed by atoms with Crippen LogP contribution in [0.2, 0.25) is 14.3 Å². The third-order valence-corrected chi connectivity index (χ3v) is 27.0. The summed E-state index contributed by atoms with van der Waals surface area (Å²) in [6, 6.07) is 24.2. The molecule has 0 fully saturated rings. The Morgan fingerprint density at radius 3 is 1.96 bits per heavy atom. The second-order valence-corrected chi connectivity index (χ2v) is 28.9. The molecule has 0 aliphatic heterocycles. The van der Waals surface area contributed by atoms with Gasteiger partial charge in [0.05, 0.1) is 6.57 Å². The molecule has 0 N–H and O–H groups in total. The normalized spacial score (nSPS) is 13.0. The van der Waals surface area contributed by atoms with E-state index in [4.69, 9.17) is 11.0 Å². The summed E-state index contributed by atoms with van der Waals surface area (Å²) in [7, 11) is 2.19. The Hall–Kier alpha value is -3.82. The van der Waals surface area contributed by atoms with Crippen LogP contribution in [-0.4, -0.2) is 17.8 Å². The van der Waals surface area contributed by atoms with Crippen molar-refractivity contribution >= 4 is 56.3 Å². The second kappa shape index (κ2) is 11.7. The first-order valence-corrected chi connectivity index (χ1v) is 22.7. The second-order valence-electron chi connectivity index (χ2n) is 16.7. The molecule has 5 heteroatoms. The molecule has 0 spiro atoms. The van der Waals surface area contributed by atoms with Gasteiger partial charge in [-0.1, -0.05) is 0 Å². The number of aromatic nitrogens is 2. The van der Waals surface area contributed by atoms with Crippen molar-refractivity contribution in [3.8, 4) is 17.1 Å². The van der Waals surface area contributed by atoms with Crippen LogP contribution in [0.4, 0.5) is 5.69 Å². The van der Waals surface area contributed by atoms with Gasteiger partial charge in [0.2, 0.25) is 0 Å². The van der Waals surface area contributed by atoms with Crippen LogP contribution in [0.25, 0.3) is 54.9 Å². The Balaban J connectivity index is 1.80. The molecule has 0 unspecified atom stereocenters. The standard InChI is InChI=1S/C43H52GeN3O/c1-26(2)33-23-29(44(12,42(6,7)8)43(9,10)11)24-34(27(3)4)39(33)47-36-18-16-15-17-35(36)46(14)41(47)38-28(5)19-21-32-31-22-20-30(45-13)25-37(31)48-40(32)38/h15-27H,1-12,14H3/q+1. The molecular weight excluding hydrogens is 647 g/mol. The summed E-state index contributed by atoms with van der Waals surface area (Å²) in [6.07, 6.45) is 0. The fraction of sp³-hybridized carbons (Fsp3) is 0.395. The molecule has 0 saturated carbocycles. The van der Waals surface area contributed by atoms with Gasteiger partial charge in [-0.15, -0.1) is 0 Å². The summed E-state index contributed by atoms with van der Waals surface area (Å²) in [6.45, 7) is 34.1. The van der Waals surface area contributed by atoms with E-state index in [-0.39, 0.29) is 8.49 Å². The summed E-state index contributed by atoms with van der Waals surface area (Å²) >= 11 is -2.75. The van der Waals surface area contributed by atoms with Crippen molar-refractivity contribution in [3.05, 3.63) is 94.8 Å². The molecule has 2 aromatic heterocycles. The van der Waals surface area contributed by atoms with Crippen molar-refractivity contribution in [1.82, 2.24) is 4.57 Å². The molecule has 0 bridgehead atoms. The Kier molecular flexibility index (Phi) is 8.27. The van der Waals surface area contributed by atoms with Gasteiger partial charge in [-0.3, -0.25) is 0 Å². The average molecular weight is 700 g/mol. The number of benzene rings is 4. The topological polar surface area (TPSA) is 26.3 Å². The minimum atomic E-state index is -2.75. The van der Waals surface area contributed by atoms with E-state index in [1.54, 1.807) is 4.40 Å². The molecule has 2 heterocycles. The summed E-state index contributed by atoms with van der Waals surface area (Å²) in [5.74, 6) is 4.40. The summed E-state index contributed by atoms with van der Waals surface area (Å²) in [5, 5.41) is 2.11. The van der Waals surface area contributed by atoms with E-state index in [0.717, 1.165) is 38.9 Å². The number of imidazole rings is 1. The van der Waals surface area contributed by atoms with Crippen molar-refractivity contribution in [1.29, 1.82) is 0 Å². The predicted octanol–water partition coefficient (Wildman–Crippen LogP) is 12.0. The molecule has 48 heavy (non-hydrogen) atoms. The van der Waals surface area contributed by atoms with Crippen LogP contribution in [0, 0.1) is 13.5 Å². The quantitative estimate of drug-likeness (QED) is 0.1000. The van der Waals surface area contributed by atoms with Gasteiger partial charge in [-0.05, 0) is 0 Å². The number of furan rings is 1. The first kappa shape index (κ1) is 34.1. The molecule has 0 aliphatic rings. The van der Waals surface area contributed by atoms with Crippen LogP contribution < -0.4 is 8.96 Å². The summed E-state index contributed by atoms with van der Waals surface area (Å²) in [4.78, 5) is 3.68. The molecule has 0 amide bonds. The zero-order valence-electron chi connectivity index (χ0n) is 31.3. The van der Waals surface area contributed by atoms with Crippen LogP contribution in [0.5, 0.6) is 0 Å². The van der Waals surface area contributed by atoms with Gasteiger partial charge in [-0.25, -0.2) is 4.85 Å². The van der Waals surface area contributed by atoms with Crippen molar-refractivity contribution in [3.63, 3.8) is 0 Å². The van der Waals surface area contributed by atoms with Gasteiger partial charge in [0.1, 0.15) is 0 Å². The summed E-state index contributed by atoms with van der Waals surface area (Å²) in [5.41, 5.74) is 10.9. The van der Waals surface area contributed by atoms with E-state index in [2.05, 4.69) is 151 Å². The number of aryl methyl sites for hydroxylation is 2. The molecule has 0 aliphatic carbocycles. The monoisotopic (exact) mass is 700 g/mol. The molecule has 0 radical (unpaired) electrons. The Morgan fingerprint density at radius 1 is 0.812 bits per heavy atom. The maximum atomic E-state index is 7.59. The van der Waals surface area contributed by atoms with Crippen LogP contribution in [-0.2, 0) is 7.05 Å². The van der Waals surface area contributed by atoms with E-state index < -0.39 is 13.3 Å². The van der Waals surface area contributed by atoms with E-state index in [9.17, 15) is 0 Å². The SMILES string of the molecule is [C-]#[N+]c1ccc2c(c1)oc1c(-c3n(-c4c(C(C)C)c[c]([Ge]([CH3])([C](C)(C)C)[C](C)(C)C)cc4C(C)C)c4ccccc4[n+]3C)c(C)ccc12. The van der Waals surface area contributed by atoms with Crippen LogP contribution >= 0.6 is 0 Å². The fourth-order valence-electron chi connectivity index (χ4n) is 8.19. The van der Waals surface area contributed by atoms with Gasteiger partial charge in [0, 0.05) is 0 Å². The predicted molar refractivity (Wildman–Crippen MR) is 207 cm³/mol. The molecule has 4 aromatic carbocycles.